The Morgan fingerprint density at radius 1 is 1.33 bits per heavy atom. The Bertz CT molecular complexity index is 664. The molecule has 1 saturated carbocycles. The van der Waals surface area contributed by atoms with Crippen molar-refractivity contribution in [2.24, 2.45) is 5.92 Å². The SMILES string of the molecule is CC(C)(NS(=O)(=O)c1cc(N)cc2c1OCCC2)C1CC1. The van der Waals surface area contributed by atoms with Gasteiger partial charge >= 0.3 is 0 Å². The van der Waals surface area contributed by atoms with Gasteiger partial charge in [0.25, 0.3) is 0 Å². The van der Waals surface area contributed by atoms with Crippen LogP contribution >= 0.6 is 0 Å². The predicted molar refractivity (Wildman–Crippen MR) is 81.8 cm³/mol. The van der Waals surface area contributed by atoms with Gasteiger partial charge in [0, 0.05) is 11.2 Å². The van der Waals surface area contributed by atoms with Gasteiger partial charge in [-0.15, -0.1) is 0 Å². The lowest BCUT2D eigenvalue weighted by Gasteiger charge is -2.27. The zero-order valence-corrected chi connectivity index (χ0v) is 13.3. The van der Waals surface area contributed by atoms with E-state index in [1.54, 1.807) is 6.07 Å². The van der Waals surface area contributed by atoms with Crippen LogP contribution in [-0.2, 0) is 16.4 Å². The van der Waals surface area contributed by atoms with Gasteiger partial charge in [-0.25, -0.2) is 13.1 Å². The van der Waals surface area contributed by atoms with Crippen molar-refractivity contribution in [3.63, 3.8) is 0 Å². The summed E-state index contributed by atoms with van der Waals surface area (Å²) in [5.41, 5.74) is 6.77. The van der Waals surface area contributed by atoms with Gasteiger partial charge in [-0.1, -0.05) is 0 Å². The number of benzene rings is 1. The van der Waals surface area contributed by atoms with Gasteiger partial charge in [0.2, 0.25) is 10.0 Å². The highest BCUT2D eigenvalue weighted by atomic mass is 32.2. The van der Waals surface area contributed by atoms with E-state index in [0.29, 0.717) is 24.0 Å². The van der Waals surface area contributed by atoms with Gasteiger partial charge in [-0.05, 0) is 63.1 Å². The molecule has 3 rings (SSSR count). The molecule has 0 radical (unpaired) electrons. The molecular weight excluding hydrogens is 288 g/mol. The molecule has 0 unspecified atom stereocenters. The summed E-state index contributed by atoms with van der Waals surface area (Å²) in [6, 6.07) is 3.30. The van der Waals surface area contributed by atoms with Crippen molar-refractivity contribution in [1.29, 1.82) is 0 Å². The van der Waals surface area contributed by atoms with E-state index in [9.17, 15) is 8.42 Å². The van der Waals surface area contributed by atoms with E-state index < -0.39 is 15.6 Å². The van der Waals surface area contributed by atoms with Crippen molar-refractivity contribution in [2.75, 3.05) is 12.3 Å². The number of rotatable bonds is 4. The summed E-state index contributed by atoms with van der Waals surface area (Å²) in [7, 11) is -3.64. The van der Waals surface area contributed by atoms with Crippen molar-refractivity contribution in [2.45, 2.75) is 50.0 Å². The highest BCUT2D eigenvalue weighted by Gasteiger charge is 2.41. The first-order chi connectivity index (χ1) is 9.79. The molecular formula is C15H22N2O3S. The number of sulfonamides is 1. The molecule has 0 bridgehead atoms. The van der Waals surface area contributed by atoms with E-state index in [1.165, 1.54) is 6.07 Å². The third kappa shape index (κ3) is 2.87. The second-order valence-corrected chi connectivity index (χ2v) is 8.21. The lowest BCUT2D eigenvalue weighted by Crippen LogP contribution is -2.45. The zero-order valence-electron chi connectivity index (χ0n) is 12.5. The topological polar surface area (TPSA) is 81.4 Å². The predicted octanol–water partition coefficient (Wildman–Crippen LogP) is 2.06. The Hall–Kier alpha value is -1.27. The van der Waals surface area contributed by atoms with Gasteiger partial charge in [-0.3, -0.25) is 0 Å². The molecule has 1 heterocycles. The number of ether oxygens (including phenoxy) is 1. The maximum atomic E-state index is 12.8. The third-order valence-corrected chi connectivity index (χ3v) is 5.95. The average Bonchev–Trinajstić information content (AvgIpc) is 3.21. The molecule has 0 atom stereocenters. The van der Waals surface area contributed by atoms with Crippen molar-refractivity contribution < 1.29 is 13.2 Å². The second kappa shape index (κ2) is 4.88. The third-order valence-electron chi connectivity index (χ3n) is 4.28. The molecule has 1 fully saturated rings. The highest BCUT2D eigenvalue weighted by Crippen LogP contribution is 2.41. The minimum atomic E-state index is -3.64. The molecule has 0 amide bonds. The Kier molecular flexibility index (Phi) is 3.41. The van der Waals surface area contributed by atoms with Crippen LogP contribution in [0.1, 0.15) is 38.7 Å². The minimum absolute atomic E-state index is 0.172. The maximum absolute atomic E-state index is 12.8. The molecule has 0 spiro atoms. The molecule has 2 aliphatic rings. The van der Waals surface area contributed by atoms with E-state index in [2.05, 4.69) is 4.72 Å². The summed E-state index contributed by atoms with van der Waals surface area (Å²) >= 11 is 0. The van der Waals surface area contributed by atoms with E-state index in [1.807, 2.05) is 13.8 Å². The fraction of sp³-hybridized carbons (Fsp3) is 0.600. The van der Waals surface area contributed by atoms with Crippen LogP contribution in [-0.4, -0.2) is 20.6 Å². The van der Waals surface area contributed by atoms with E-state index in [-0.39, 0.29) is 4.90 Å². The van der Waals surface area contributed by atoms with Gasteiger partial charge < -0.3 is 10.5 Å². The van der Waals surface area contributed by atoms with Crippen LogP contribution in [0.4, 0.5) is 5.69 Å². The molecule has 1 aromatic carbocycles. The smallest absolute Gasteiger partial charge is 0.244 e. The first-order valence-electron chi connectivity index (χ1n) is 7.39. The van der Waals surface area contributed by atoms with Crippen molar-refractivity contribution in [3.8, 4) is 5.75 Å². The Morgan fingerprint density at radius 3 is 2.71 bits per heavy atom. The van der Waals surface area contributed by atoms with Crippen molar-refractivity contribution in [1.82, 2.24) is 4.72 Å². The number of hydrogen-bond donors (Lipinski definition) is 2. The van der Waals surface area contributed by atoms with Crippen molar-refractivity contribution in [3.05, 3.63) is 17.7 Å². The Morgan fingerprint density at radius 2 is 2.05 bits per heavy atom. The summed E-state index contributed by atoms with van der Waals surface area (Å²) in [5.74, 6) is 0.875. The molecule has 3 N–H and O–H groups in total. The first-order valence-corrected chi connectivity index (χ1v) is 8.87. The number of anilines is 1. The summed E-state index contributed by atoms with van der Waals surface area (Å²) in [6.07, 6.45) is 3.83. The summed E-state index contributed by atoms with van der Waals surface area (Å²) in [6.45, 7) is 4.41. The number of nitrogen functional groups attached to an aromatic ring is 1. The highest BCUT2D eigenvalue weighted by molar-refractivity contribution is 7.89. The molecule has 116 valence electrons. The summed E-state index contributed by atoms with van der Waals surface area (Å²) in [4.78, 5) is 0.172. The normalized spacial score (nSPS) is 19.0. The monoisotopic (exact) mass is 310 g/mol. The molecule has 0 saturated heterocycles. The molecule has 1 aliphatic carbocycles. The number of hydrogen-bond acceptors (Lipinski definition) is 4. The first kappa shape index (κ1) is 14.7. The minimum Gasteiger partial charge on any atom is -0.492 e. The van der Waals surface area contributed by atoms with Crippen LogP contribution < -0.4 is 15.2 Å². The van der Waals surface area contributed by atoms with Crippen LogP contribution in [0.5, 0.6) is 5.75 Å². The zero-order chi connectivity index (χ0) is 15.3. The molecule has 1 aliphatic heterocycles. The Labute approximate surface area is 125 Å². The summed E-state index contributed by atoms with van der Waals surface area (Å²) < 4.78 is 34.0. The quantitative estimate of drug-likeness (QED) is 0.834. The van der Waals surface area contributed by atoms with Crippen molar-refractivity contribution >= 4 is 15.7 Å². The van der Waals surface area contributed by atoms with Crippen LogP contribution in [0.25, 0.3) is 0 Å². The number of nitrogens with one attached hydrogen (secondary N) is 1. The fourth-order valence-electron chi connectivity index (χ4n) is 2.96. The molecule has 1 aromatic rings. The fourth-order valence-corrected chi connectivity index (χ4v) is 4.65. The largest absolute Gasteiger partial charge is 0.492 e. The van der Waals surface area contributed by atoms with Crippen LogP contribution in [0, 0.1) is 5.92 Å². The average molecular weight is 310 g/mol. The van der Waals surface area contributed by atoms with Gasteiger partial charge in [-0.2, -0.15) is 0 Å². The second-order valence-electron chi connectivity index (χ2n) is 6.56. The van der Waals surface area contributed by atoms with Gasteiger partial charge in [0.1, 0.15) is 10.6 Å². The van der Waals surface area contributed by atoms with Crippen LogP contribution in [0.3, 0.4) is 0 Å². The molecule has 0 aromatic heterocycles. The van der Waals surface area contributed by atoms with E-state index in [4.69, 9.17) is 10.5 Å². The van der Waals surface area contributed by atoms with Crippen LogP contribution in [0.2, 0.25) is 0 Å². The van der Waals surface area contributed by atoms with Gasteiger partial charge in [0.05, 0.1) is 6.61 Å². The number of aryl methyl sites for hydroxylation is 1. The molecule has 21 heavy (non-hydrogen) atoms. The van der Waals surface area contributed by atoms with Gasteiger partial charge in [0.15, 0.2) is 0 Å². The lowest BCUT2D eigenvalue weighted by molar-refractivity contribution is 0.280. The Balaban J connectivity index is 2.00. The van der Waals surface area contributed by atoms with E-state index in [0.717, 1.165) is 31.2 Å². The van der Waals surface area contributed by atoms with Crippen LogP contribution in [0.15, 0.2) is 17.0 Å². The standard InChI is InChI=1S/C15H22N2O3S/c1-15(2,11-5-6-11)17-21(18,19)13-9-12(16)8-10-4-3-7-20-14(10)13/h8-9,11,17H,3-7,16H2,1-2H3. The lowest BCUT2D eigenvalue weighted by atomic mass is 10.0. The number of fused-ring (bicyclic) bond motifs is 1. The molecule has 5 nitrogen and oxygen atoms in total. The van der Waals surface area contributed by atoms with E-state index >= 15 is 0 Å². The molecule has 6 heteroatoms. The number of nitrogens with two attached hydrogens (primary N) is 1. The summed E-state index contributed by atoms with van der Waals surface area (Å²) in [5, 5.41) is 0. The maximum Gasteiger partial charge on any atom is 0.244 e.